The van der Waals surface area contributed by atoms with E-state index in [1.54, 1.807) is 0 Å². The third kappa shape index (κ3) is 11.0. The number of anilines is 3. The van der Waals surface area contributed by atoms with Gasteiger partial charge in [0, 0.05) is 13.1 Å². The SMILES string of the molecule is Nc1ncnc2c1ncn2C1O[C@H](COP(=O)([S-])NCC(CNP([O-])(=S)OCC2O[C@@H](n3cnc4c(N)ncnc43)[C@H](O)[C@@H]2O)OP([O-])(=S)OC[C@H]2OC(n3cnc4c(N)ncnc43)[C@H](O)[C@@H]2O)[C@@H](O)[C@H]1O. The first kappa shape index (κ1) is 53.1. The monoisotopic (exact) mass is 1120 g/mol. The van der Waals surface area contributed by atoms with E-state index in [9.17, 15) is 45.0 Å². The van der Waals surface area contributed by atoms with Crippen molar-refractivity contribution < 1.29 is 77.3 Å². The molecule has 0 saturated carbocycles. The molecular weight excluding hydrogens is 1080 g/mol. The van der Waals surface area contributed by atoms with Crippen LogP contribution in [0.5, 0.6) is 0 Å². The van der Waals surface area contributed by atoms with Crippen LogP contribution in [0.15, 0.2) is 38.0 Å². The second-order valence-electron chi connectivity index (χ2n) is 16.2. The van der Waals surface area contributed by atoms with Crippen molar-refractivity contribution in [3.8, 4) is 0 Å². The molecule has 33 nitrogen and oxygen atoms in total. The molecule has 0 amide bonds. The van der Waals surface area contributed by atoms with Crippen molar-refractivity contribution in [2.24, 2.45) is 0 Å². The minimum Gasteiger partial charge on any atom is -0.789 e. The van der Waals surface area contributed by atoms with Gasteiger partial charge < -0.3 is 107 Å². The molecule has 3 saturated heterocycles. The third-order valence-electron chi connectivity index (χ3n) is 11.5. The molecule has 72 heavy (non-hydrogen) atoms. The maximum atomic E-state index is 13.8. The summed E-state index contributed by atoms with van der Waals surface area (Å²) in [4.78, 5) is 63.7. The Kier molecular flexibility index (Phi) is 15.6. The van der Waals surface area contributed by atoms with Gasteiger partial charge in [-0.05, 0) is 0 Å². The lowest BCUT2D eigenvalue weighted by molar-refractivity contribution is -0.214. The van der Waals surface area contributed by atoms with Crippen LogP contribution in [0.3, 0.4) is 0 Å². The highest BCUT2D eigenvalue weighted by molar-refractivity contribution is 8.33. The average Bonchev–Trinajstić information content (AvgIpc) is 4.20. The summed E-state index contributed by atoms with van der Waals surface area (Å²) in [5, 5.41) is 70.0. The van der Waals surface area contributed by atoms with E-state index in [0.29, 0.717) is 0 Å². The zero-order valence-corrected chi connectivity index (χ0v) is 41.6. The van der Waals surface area contributed by atoms with E-state index in [4.69, 9.17) is 85.4 Å². The molecule has 6 aromatic heterocycles. The van der Waals surface area contributed by atoms with Crippen LogP contribution in [0.4, 0.5) is 17.5 Å². The molecule has 3 fully saturated rings. The molecule has 16 atom stereocenters. The number of nitrogen functional groups attached to an aromatic ring is 3. The average molecular weight is 1120 g/mol. The first-order chi connectivity index (χ1) is 34.1. The van der Waals surface area contributed by atoms with Crippen LogP contribution in [0, 0.1) is 0 Å². The summed E-state index contributed by atoms with van der Waals surface area (Å²) < 4.78 is 56.9. The fourth-order valence-electron chi connectivity index (χ4n) is 7.84. The van der Waals surface area contributed by atoms with Gasteiger partial charge in [-0.2, -0.15) is 0 Å². The Labute approximate surface area is 419 Å². The minimum atomic E-state index is -4.70. The quantitative estimate of drug-likeness (QED) is 0.0251. The first-order valence-corrected chi connectivity index (χ1v) is 28.8. The van der Waals surface area contributed by atoms with Gasteiger partial charge in [-0.25, -0.2) is 44.9 Å². The smallest absolute Gasteiger partial charge is 0.167 e. The lowest BCUT2D eigenvalue weighted by atomic mass is 10.1. The molecule has 9 rings (SSSR count). The van der Waals surface area contributed by atoms with Gasteiger partial charge >= 0.3 is 0 Å². The van der Waals surface area contributed by atoms with Crippen LogP contribution in [-0.2, 0) is 72.7 Å². The van der Waals surface area contributed by atoms with Crippen molar-refractivity contribution in [1.29, 1.82) is 0 Å². The number of aliphatic hydroxyl groups is 6. The van der Waals surface area contributed by atoms with Crippen molar-refractivity contribution >= 4 is 107 Å². The van der Waals surface area contributed by atoms with Crippen molar-refractivity contribution in [1.82, 2.24) is 68.7 Å². The highest BCUT2D eigenvalue weighted by Gasteiger charge is 2.47. The van der Waals surface area contributed by atoms with Crippen molar-refractivity contribution in [2.75, 3.05) is 50.1 Å². The highest BCUT2D eigenvalue weighted by Crippen LogP contribution is 2.45. The molecule has 0 aliphatic carbocycles. The number of ether oxygens (including phenoxy) is 3. The zero-order valence-electron chi connectivity index (χ0n) is 36.4. The van der Waals surface area contributed by atoms with E-state index in [2.05, 4.69) is 55.0 Å². The number of nitrogens with two attached hydrogens (primary N) is 3. The molecule has 9 heterocycles. The second-order valence-corrected chi connectivity index (χ2v) is 24.9. The summed E-state index contributed by atoms with van der Waals surface area (Å²) in [6.07, 6.45) is -11.6. The Bertz CT molecular complexity index is 2940. The molecule has 39 heteroatoms. The summed E-state index contributed by atoms with van der Waals surface area (Å²) in [6.45, 7) is -16.8. The summed E-state index contributed by atoms with van der Waals surface area (Å²) in [5.41, 5.74) is 18.8. The van der Waals surface area contributed by atoms with Crippen LogP contribution in [0.25, 0.3) is 33.5 Å². The molecule has 7 unspecified atom stereocenters. The van der Waals surface area contributed by atoms with E-state index >= 15 is 0 Å². The Morgan fingerprint density at radius 2 is 0.958 bits per heavy atom. The number of aliphatic hydroxyl groups excluding tert-OH is 6. The molecule has 0 aromatic carbocycles. The van der Waals surface area contributed by atoms with Crippen LogP contribution < -0.4 is 37.2 Å². The number of rotatable bonds is 20. The lowest BCUT2D eigenvalue weighted by Gasteiger charge is -2.37. The zero-order chi connectivity index (χ0) is 51.4. The first-order valence-electron chi connectivity index (χ1n) is 21.0. The Morgan fingerprint density at radius 3 is 1.36 bits per heavy atom. The standard InChI is InChI=1S/C33H46N17O16P3S3/c34-25-16-28(40-6-37-25)48(9-43-16)31-22(54)19(51)13(63-31)3-60-67(57,70)46-1-12(66-69(59,72)62-5-15-21(53)24(56)33(65-15)50-11-45-18-27(36)39-8-42-30(18)50)2-47-68(58,71)61-4-14-20(52)23(55)32(64-14)49-10-44-17-26(35)38-7-41-29(17)49/h6-15,19-24,31-33,51-56H,1-5H2,(H,59,72)(H2,34,37,40)(H2,35,38,41)(H2,36,39,42)(H2,46,57,70)(H2,47,58,71)/p-3/t12?,13-,14?,15-,19-,20-,21-,22-,23-,24-,31?,32-,33?,67?,68?,69?/m1/s1. The molecule has 0 spiro atoms. The van der Waals surface area contributed by atoms with E-state index in [1.165, 1.54) is 45.3 Å². The van der Waals surface area contributed by atoms with E-state index in [-0.39, 0.29) is 50.9 Å². The number of fused-ring (bicyclic) bond motifs is 3. The third-order valence-corrected chi connectivity index (χ3v) is 16.6. The van der Waals surface area contributed by atoms with Gasteiger partial charge in [0.25, 0.3) is 0 Å². The highest BCUT2D eigenvalue weighted by atomic mass is 32.7. The fourth-order valence-corrected chi connectivity index (χ4v) is 11.8. The summed E-state index contributed by atoms with van der Waals surface area (Å²) in [5.74, 6) is 0.154. The van der Waals surface area contributed by atoms with Crippen LogP contribution in [0.2, 0.25) is 0 Å². The molecule has 0 radical (unpaired) electrons. The summed E-state index contributed by atoms with van der Waals surface area (Å²) in [6, 6.07) is 0. The molecule has 3 aliphatic rings. The maximum absolute atomic E-state index is 13.8. The van der Waals surface area contributed by atoms with Gasteiger partial charge in [0.15, 0.2) is 53.1 Å². The summed E-state index contributed by atoms with van der Waals surface area (Å²) in [7, 11) is 0. The second kappa shape index (κ2) is 21.1. The molecule has 14 N–H and O–H groups in total. The Hall–Kier alpha value is -3.75. The van der Waals surface area contributed by atoms with Gasteiger partial charge in [-0.15, -0.1) is 0 Å². The molecule has 3 aliphatic heterocycles. The Balaban J connectivity index is 0.843. The normalized spacial score (nSPS) is 30.8. The Morgan fingerprint density at radius 1 is 0.597 bits per heavy atom. The van der Waals surface area contributed by atoms with Crippen molar-refractivity contribution in [3.63, 3.8) is 0 Å². The molecule has 6 aromatic rings. The predicted octanol–water partition coefficient (Wildman–Crippen LogP) is -5.45. The van der Waals surface area contributed by atoms with Gasteiger partial charge in [-0.3, -0.25) is 23.9 Å². The largest absolute Gasteiger partial charge is 0.789 e. The van der Waals surface area contributed by atoms with Crippen molar-refractivity contribution in [3.05, 3.63) is 38.0 Å². The minimum absolute atomic E-state index is 0.0446. The van der Waals surface area contributed by atoms with E-state index in [0.717, 1.165) is 6.33 Å². The van der Waals surface area contributed by atoms with Gasteiger partial charge in [-0.1, -0.05) is 23.6 Å². The fraction of sp³-hybridized carbons (Fsp3) is 0.545. The lowest BCUT2D eigenvalue weighted by Crippen LogP contribution is -2.39. The topological polar surface area (TPSA) is 482 Å². The number of nitrogens with one attached hydrogen (secondary N) is 2. The molecule has 392 valence electrons. The maximum Gasteiger partial charge on any atom is 0.167 e. The van der Waals surface area contributed by atoms with Gasteiger partial charge in [0.05, 0.1) is 51.5 Å². The van der Waals surface area contributed by atoms with E-state index < -0.39 is 133 Å². The number of imidazole rings is 3. The van der Waals surface area contributed by atoms with Crippen LogP contribution in [0.1, 0.15) is 18.7 Å². The van der Waals surface area contributed by atoms with Crippen LogP contribution >= 0.6 is 20.1 Å². The number of hydrogen-bond acceptors (Lipinski definition) is 31. The molecule has 0 bridgehead atoms. The van der Waals surface area contributed by atoms with Gasteiger partial charge in [0.1, 0.15) is 104 Å². The van der Waals surface area contributed by atoms with Gasteiger partial charge in [0.2, 0.25) is 0 Å². The van der Waals surface area contributed by atoms with Crippen LogP contribution in [-0.4, -0.2) is 183 Å². The predicted molar refractivity (Wildman–Crippen MR) is 249 cm³/mol. The molecular formula is C33H43N17O16P3S3-3. The van der Waals surface area contributed by atoms with Crippen molar-refractivity contribution in [2.45, 2.75) is 79.7 Å². The van der Waals surface area contributed by atoms with E-state index in [1.807, 2.05) is 0 Å². The number of hydrogen-bond donors (Lipinski definition) is 11. The number of nitrogens with zero attached hydrogens (tertiary/aromatic N) is 12. The number of aromatic nitrogens is 12. The summed E-state index contributed by atoms with van der Waals surface area (Å²) >= 11 is 15.5.